The minimum Gasteiger partial charge on any atom is -0.333 e. The van der Waals surface area contributed by atoms with Crippen molar-refractivity contribution in [2.75, 3.05) is 39.0 Å². The Morgan fingerprint density at radius 2 is 2.15 bits per heavy atom. The number of anilines is 1. The number of piperidine rings is 1. The largest absolute Gasteiger partial charge is 0.333 e. The Labute approximate surface area is 160 Å². The maximum absolute atomic E-state index is 12.5. The monoisotopic (exact) mass is 366 g/mol. The van der Waals surface area contributed by atoms with Gasteiger partial charge in [-0.3, -0.25) is 0 Å². The summed E-state index contributed by atoms with van der Waals surface area (Å²) in [5.74, 6) is 1.51. The van der Waals surface area contributed by atoms with Gasteiger partial charge in [-0.25, -0.2) is 9.78 Å². The fourth-order valence-electron chi connectivity index (χ4n) is 3.39. The molecule has 0 unspecified atom stereocenters. The Hall–Kier alpha value is -2.85. The minimum atomic E-state index is -0.112. The van der Waals surface area contributed by atoms with E-state index in [9.17, 15) is 4.79 Å². The molecule has 1 aliphatic heterocycles. The van der Waals surface area contributed by atoms with E-state index < -0.39 is 0 Å². The number of carbonyl (C=O) groups is 1. The number of hydrogen-bond donors (Lipinski definition) is 1. The van der Waals surface area contributed by atoms with Crippen LogP contribution >= 0.6 is 0 Å². The van der Waals surface area contributed by atoms with Crippen LogP contribution in [0.3, 0.4) is 0 Å². The second-order valence-corrected chi connectivity index (χ2v) is 7.17. The van der Waals surface area contributed by atoms with Crippen molar-refractivity contribution in [2.45, 2.75) is 25.3 Å². The van der Waals surface area contributed by atoms with Crippen molar-refractivity contribution in [1.82, 2.24) is 19.4 Å². The van der Waals surface area contributed by atoms with E-state index in [4.69, 9.17) is 5.26 Å². The van der Waals surface area contributed by atoms with Crippen LogP contribution in [0.2, 0.25) is 0 Å². The number of nitriles is 1. The summed E-state index contributed by atoms with van der Waals surface area (Å²) in [5.41, 5.74) is 1.19. The molecule has 0 aliphatic carbocycles. The van der Waals surface area contributed by atoms with Crippen LogP contribution in [0.4, 0.5) is 10.5 Å². The third-order valence-corrected chi connectivity index (χ3v) is 4.93. The van der Waals surface area contributed by atoms with Crippen LogP contribution in [0.1, 0.15) is 30.1 Å². The molecule has 0 saturated carbocycles. The molecular formula is C20H26N6O. The highest BCUT2D eigenvalue weighted by atomic mass is 16.2. The maximum Gasteiger partial charge on any atom is 0.321 e. The van der Waals surface area contributed by atoms with E-state index in [0.717, 1.165) is 31.8 Å². The summed E-state index contributed by atoms with van der Waals surface area (Å²) in [4.78, 5) is 21.1. The molecule has 7 nitrogen and oxygen atoms in total. The summed E-state index contributed by atoms with van der Waals surface area (Å²) >= 11 is 0. The number of rotatable bonds is 5. The van der Waals surface area contributed by atoms with E-state index in [1.54, 1.807) is 24.3 Å². The van der Waals surface area contributed by atoms with Crippen LogP contribution in [-0.2, 0) is 6.54 Å². The number of nitrogens with one attached hydrogen (secondary N) is 1. The van der Waals surface area contributed by atoms with Crippen LogP contribution in [-0.4, -0.2) is 59.1 Å². The third-order valence-electron chi connectivity index (χ3n) is 4.93. The van der Waals surface area contributed by atoms with Gasteiger partial charge in [0.2, 0.25) is 0 Å². The normalized spacial score (nSPS) is 15.0. The van der Waals surface area contributed by atoms with Crippen molar-refractivity contribution < 1.29 is 4.79 Å². The number of urea groups is 1. The van der Waals surface area contributed by atoms with Gasteiger partial charge >= 0.3 is 6.03 Å². The first-order chi connectivity index (χ1) is 13.1. The molecule has 2 aromatic rings. The number of benzene rings is 1. The number of likely N-dealkylation sites (N-methyl/N-ethyl adjacent to an activating group) is 1. The molecule has 1 aromatic carbocycles. The van der Waals surface area contributed by atoms with Crippen molar-refractivity contribution in [3.63, 3.8) is 0 Å². The molecule has 1 aliphatic rings. The first-order valence-corrected chi connectivity index (χ1v) is 9.28. The standard InChI is InChI=1S/C20H26N6O/c1-24(2)12-13-25-11-8-22-19(25)17-6-9-26(10-7-17)20(27)23-18-5-3-4-16(14-18)15-21/h3-5,8,11,14,17H,6-7,9-10,12-13H2,1-2H3,(H,23,27). The molecule has 0 bridgehead atoms. The lowest BCUT2D eigenvalue weighted by molar-refractivity contribution is 0.192. The average molecular weight is 366 g/mol. The molecule has 1 saturated heterocycles. The van der Waals surface area contributed by atoms with Crippen LogP contribution < -0.4 is 5.32 Å². The summed E-state index contributed by atoms with van der Waals surface area (Å²) < 4.78 is 2.23. The predicted molar refractivity (Wildman–Crippen MR) is 105 cm³/mol. The molecule has 142 valence electrons. The van der Waals surface area contributed by atoms with Crippen molar-refractivity contribution in [3.8, 4) is 6.07 Å². The first kappa shape index (κ1) is 18.9. The summed E-state index contributed by atoms with van der Waals surface area (Å²) in [6, 6.07) is 8.95. The van der Waals surface area contributed by atoms with Gasteiger partial charge in [0.15, 0.2) is 0 Å². The predicted octanol–water partition coefficient (Wildman–Crippen LogP) is 2.73. The average Bonchev–Trinajstić information content (AvgIpc) is 3.15. The number of imidazole rings is 1. The highest BCUT2D eigenvalue weighted by Crippen LogP contribution is 2.27. The fourth-order valence-corrected chi connectivity index (χ4v) is 3.39. The number of aromatic nitrogens is 2. The third kappa shape index (κ3) is 4.86. The second kappa shape index (κ2) is 8.69. The lowest BCUT2D eigenvalue weighted by Crippen LogP contribution is -2.41. The van der Waals surface area contributed by atoms with Gasteiger partial charge in [-0.05, 0) is 45.1 Å². The van der Waals surface area contributed by atoms with Crippen LogP contribution in [0, 0.1) is 11.3 Å². The van der Waals surface area contributed by atoms with Gasteiger partial charge in [0, 0.05) is 50.2 Å². The Kier molecular flexibility index (Phi) is 6.09. The van der Waals surface area contributed by atoms with Gasteiger partial charge < -0.3 is 19.7 Å². The quantitative estimate of drug-likeness (QED) is 0.883. The smallest absolute Gasteiger partial charge is 0.321 e. The van der Waals surface area contributed by atoms with Gasteiger partial charge in [0.1, 0.15) is 5.82 Å². The van der Waals surface area contributed by atoms with Crippen molar-refractivity contribution in [3.05, 3.63) is 48.0 Å². The zero-order valence-electron chi connectivity index (χ0n) is 15.9. The molecule has 1 aromatic heterocycles. The molecule has 0 radical (unpaired) electrons. The number of likely N-dealkylation sites (tertiary alicyclic amines) is 1. The first-order valence-electron chi connectivity index (χ1n) is 9.28. The minimum absolute atomic E-state index is 0.112. The molecular weight excluding hydrogens is 340 g/mol. The van der Waals surface area contributed by atoms with E-state index in [1.807, 2.05) is 17.3 Å². The highest BCUT2D eigenvalue weighted by Gasteiger charge is 2.26. The van der Waals surface area contributed by atoms with Gasteiger partial charge in [-0.2, -0.15) is 5.26 Å². The lowest BCUT2D eigenvalue weighted by Gasteiger charge is -2.32. The molecule has 7 heteroatoms. The molecule has 2 amide bonds. The molecule has 27 heavy (non-hydrogen) atoms. The van der Waals surface area contributed by atoms with E-state index in [0.29, 0.717) is 30.3 Å². The Balaban J connectivity index is 1.55. The molecule has 1 fully saturated rings. The summed E-state index contributed by atoms with van der Waals surface area (Å²) in [6.07, 6.45) is 5.72. The zero-order chi connectivity index (χ0) is 19.2. The van der Waals surface area contributed by atoms with Crippen molar-refractivity contribution in [1.29, 1.82) is 5.26 Å². The number of hydrogen-bond acceptors (Lipinski definition) is 4. The Bertz CT molecular complexity index is 814. The van der Waals surface area contributed by atoms with Crippen LogP contribution in [0.5, 0.6) is 0 Å². The molecule has 3 rings (SSSR count). The zero-order valence-corrected chi connectivity index (χ0v) is 15.9. The van der Waals surface area contributed by atoms with Crippen LogP contribution in [0.25, 0.3) is 0 Å². The summed E-state index contributed by atoms with van der Waals surface area (Å²) in [6.45, 7) is 3.31. The van der Waals surface area contributed by atoms with Crippen molar-refractivity contribution >= 4 is 11.7 Å². The summed E-state index contributed by atoms with van der Waals surface area (Å²) in [7, 11) is 4.14. The maximum atomic E-state index is 12.5. The van der Waals surface area contributed by atoms with Gasteiger partial charge in [-0.1, -0.05) is 6.07 Å². The molecule has 1 N–H and O–H groups in total. The van der Waals surface area contributed by atoms with Crippen molar-refractivity contribution in [2.24, 2.45) is 0 Å². The number of amides is 2. The highest BCUT2D eigenvalue weighted by molar-refractivity contribution is 5.89. The number of carbonyl (C=O) groups excluding carboxylic acids is 1. The Morgan fingerprint density at radius 1 is 1.37 bits per heavy atom. The second-order valence-electron chi connectivity index (χ2n) is 7.17. The number of nitrogens with zero attached hydrogens (tertiary/aromatic N) is 5. The van der Waals surface area contributed by atoms with Gasteiger partial charge in [0.25, 0.3) is 0 Å². The fraction of sp³-hybridized carbons (Fsp3) is 0.450. The Morgan fingerprint density at radius 3 is 2.85 bits per heavy atom. The van der Waals surface area contributed by atoms with E-state index >= 15 is 0 Å². The molecule has 2 heterocycles. The molecule has 0 atom stereocenters. The van der Waals surface area contributed by atoms with E-state index in [-0.39, 0.29) is 6.03 Å². The topological polar surface area (TPSA) is 77.2 Å². The SMILES string of the molecule is CN(C)CCn1ccnc1C1CCN(C(=O)Nc2cccc(C#N)c2)CC1. The van der Waals surface area contributed by atoms with Gasteiger partial charge in [-0.15, -0.1) is 0 Å². The van der Waals surface area contributed by atoms with Gasteiger partial charge in [0.05, 0.1) is 11.6 Å². The lowest BCUT2D eigenvalue weighted by atomic mass is 9.96. The van der Waals surface area contributed by atoms with E-state index in [2.05, 4.69) is 39.9 Å². The molecule has 0 spiro atoms. The summed E-state index contributed by atoms with van der Waals surface area (Å²) in [5, 5.41) is 11.9. The van der Waals surface area contributed by atoms with E-state index in [1.165, 1.54) is 0 Å². The van der Waals surface area contributed by atoms with Crippen LogP contribution in [0.15, 0.2) is 36.7 Å².